The first kappa shape index (κ1) is 12.7. The standard InChI is InChI=1S/C12H15N3O2S/c1-14(2)18(16,17)13-11-6-5-7-12(10-11)15-8-3-4-9-15/h3-10,13H,1-2H3. The molecule has 0 atom stereocenters. The zero-order valence-corrected chi connectivity index (χ0v) is 11.1. The van der Waals surface area contributed by atoms with Crippen LogP contribution in [0.1, 0.15) is 0 Å². The predicted octanol–water partition coefficient (Wildman–Crippen LogP) is 1.70. The van der Waals surface area contributed by atoms with Gasteiger partial charge in [0.05, 0.1) is 5.69 Å². The van der Waals surface area contributed by atoms with Crippen molar-refractivity contribution in [3.63, 3.8) is 0 Å². The zero-order chi connectivity index (χ0) is 13.2. The van der Waals surface area contributed by atoms with Crippen LogP contribution in [0.25, 0.3) is 5.69 Å². The van der Waals surface area contributed by atoms with Gasteiger partial charge in [0.15, 0.2) is 0 Å². The maximum atomic E-state index is 11.7. The quantitative estimate of drug-likeness (QED) is 0.914. The summed E-state index contributed by atoms with van der Waals surface area (Å²) in [6, 6.07) is 11.0. The van der Waals surface area contributed by atoms with Crippen LogP contribution >= 0.6 is 0 Å². The van der Waals surface area contributed by atoms with Gasteiger partial charge in [-0.3, -0.25) is 4.72 Å². The highest BCUT2D eigenvalue weighted by Crippen LogP contribution is 2.16. The van der Waals surface area contributed by atoms with E-state index in [4.69, 9.17) is 0 Å². The molecule has 5 nitrogen and oxygen atoms in total. The molecule has 2 rings (SSSR count). The van der Waals surface area contributed by atoms with E-state index in [1.165, 1.54) is 14.1 Å². The number of nitrogens with zero attached hydrogens (tertiary/aromatic N) is 2. The largest absolute Gasteiger partial charge is 0.324 e. The van der Waals surface area contributed by atoms with Crippen LogP contribution in [-0.4, -0.2) is 31.4 Å². The maximum absolute atomic E-state index is 11.7. The fraction of sp³-hybridized carbons (Fsp3) is 0.167. The SMILES string of the molecule is CN(C)S(=O)(=O)Nc1cccc(-n2cccc2)c1. The molecule has 0 aliphatic carbocycles. The second-order valence-electron chi connectivity index (χ2n) is 4.03. The first-order valence-corrected chi connectivity index (χ1v) is 6.87. The van der Waals surface area contributed by atoms with Gasteiger partial charge in [-0.25, -0.2) is 0 Å². The summed E-state index contributed by atoms with van der Waals surface area (Å²) in [4.78, 5) is 0. The lowest BCUT2D eigenvalue weighted by Crippen LogP contribution is -2.28. The van der Waals surface area contributed by atoms with Crippen LogP contribution in [0.2, 0.25) is 0 Å². The van der Waals surface area contributed by atoms with Crippen molar-refractivity contribution in [1.82, 2.24) is 8.87 Å². The van der Waals surface area contributed by atoms with Crippen LogP contribution in [0.4, 0.5) is 5.69 Å². The Hall–Kier alpha value is -1.79. The van der Waals surface area contributed by atoms with Gasteiger partial charge in [0, 0.05) is 32.2 Å². The van der Waals surface area contributed by atoms with E-state index < -0.39 is 10.2 Å². The monoisotopic (exact) mass is 265 g/mol. The van der Waals surface area contributed by atoms with Crippen LogP contribution in [0.5, 0.6) is 0 Å². The average Bonchev–Trinajstić information content (AvgIpc) is 2.82. The first-order valence-electron chi connectivity index (χ1n) is 5.43. The maximum Gasteiger partial charge on any atom is 0.301 e. The third-order valence-electron chi connectivity index (χ3n) is 2.48. The van der Waals surface area contributed by atoms with Gasteiger partial charge in [0.25, 0.3) is 0 Å². The predicted molar refractivity (Wildman–Crippen MR) is 72.0 cm³/mol. The Morgan fingerprint density at radius 1 is 1.11 bits per heavy atom. The van der Waals surface area contributed by atoms with Crippen LogP contribution in [0.15, 0.2) is 48.8 Å². The summed E-state index contributed by atoms with van der Waals surface area (Å²) in [5, 5.41) is 0. The Kier molecular flexibility index (Phi) is 3.40. The normalized spacial score (nSPS) is 11.7. The molecule has 1 aromatic carbocycles. The summed E-state index contributed by atoms with van der Waals surface area (Å²) in [5.41, 5.74) is 1.44. The minimum Gasteiger partial charge on any atom is -0.324 e. The third kappa shape index (κ3) is 2.72. The molecule has 1 N–H and O–H groups in total. The molecule has 96 valence electrons. The van der Waals surface area contributed by atoms with Crippen LogP contribution < -0.4 is 4.72 Å². The van der Waals surface area contributed by atoms with E-state index >= 15 is 0 Å². The van der Waals surface area contributed by atoms with Crippen LogP contribution in [0, 0.1) is 0 Å². The van der Waals surface area contributed by atoms with E-state index in [0.29, 0.717) is 5.69 Å². The van der Waals surface area contributed by atoms with Gasteiger partial charge in [0.2, 0.25) is 0 Å². The molecule has 0 unspecified atom stereocenters. The van der Waals surface area contributed by atoms with Gasteiger partial charge in [-0.2, -0.15) is 12.7 Å². The molecule has 1 heterocycles. The van der Waals surface area contributed by atoms with E-state index in [-0.39, 0.29) is 0 Å². The summed E-state index contributed by atoms with van der Waals surface area (Å²) in [6.45, 7) is 0. The Balaban J connectivity index is 2.29. The van der Waals surface area contributed by atoms with Crippen molar-refractivity contribution >= 4 is 15.9 Å². The van der Waals surface area contributed by atoms with Crippen molar-refractivity contribution in [2.75, 3.05) is 18.8 Å². The topological polar surface area (TPSA) is 54.3 Å². The number of benzene rings is 1. The molecule has 0 saturated carbocycles. The molecule has 18 heavy (non-hydrogen) atoms. The van der Waals surface area contributed by atoms with E-state index in [9.17, 15) is 8.42 Å². The molecular weight excluding hydrogens is 250 g/mol. The lowest BCUT2D eigenvalue weighted by atomic mass is 10.3. The van der Waals surface area contributed by atoms with Crippen molar-refractivity contribution in [2.24, 2.45) is 0 Å². The highest BCUT2D eigenvalue weighted by Gasteiger charge is 2.12. The van der Waals surface area contributed by atoms with Crippen molar-refractivity contribution in [2.45, 2.75) is 0 Å². The fourth-order valence-corrected chi connectivity index (χ4v) is 2.08. The van der Waals surface area contributed by atoms with Gasteiger partial charge < -0.3 is 4.57 Å². The van der Waals surface area contributed by atoms with Gasteiger partial charge >= 0.3 is 10.2 Å². The van der Waals surface area contributed by atoms with Gasteiger partial charge in [-0.1, -0.05) is 6.07 Å². The van der Waals surface area contributed by atoms with E-state index in [1.54, 1.807) is 12.1 Å². The highest BCUT2D eigenvalue weighted by molar-refractivity contribution is 7.90. The van der Waals surface area contributed by atoms with E-state index in [0.717, 1.165) is 9.99 Å². The fourth-order valence-electron chi connectivity index (χ4n) is 1.48. The number of hydrogen-bond donors (Lipinski definition) is 1. The molecule has 0 aliphatic rings. The van der Waals surface area contributed by atoms with Crippen LogP contribution in [0.3, 0.4) is 0 Å². The molecule has 0 aliphatic heterocycles. The van der Waals surface area contributed by atoms with Crippen molar-refractivity contribution in [3.05, 3.63) is 48.8 Å². The Morgan fingerprint density at radius 2 is 1.78 bits per heavy atom. The molecule has 6 heteroatoms. The van der Waals surface area contributed by atoms with E-state index in [2.05, 4.69) is 4.72 Å². The second-order valence-corrected chi connectivity index (χ2v) is 5.91. The van der Waals surface area contributed by atoms with Crippen molar-refractivity contribution < 1.29 is 8.42 Å². The molecule has 0 spiro atoms. The Labute approximate surface area is 107 Å². The van der Waals surface area contributed by atoms with E-state index in [1.807, 2.05) is 41.2 Å². The number of aromatic nitrogens is 1. The molecular formula is C12H15N3O2S. The molecule has 0 amide bonds. The van der Waals surface area contributed by atoms with Crippen molar-refractivity contribution in [1.29, 1.82) is 0 Å². The molecule has 1 aromatic heterocycles. The summed E-state index contributed by atoms with van der Waals surface area (Å²) < 4.78 is 29.0. The second kappa shape index (κ2) is 4.83. The molecule has 2 aromatic rings. The number of anilines is 1. The lowest BCUT2D eigenvalue weighted by Gasteiger charge is -2.14. The van der Waals surface area contributed by atoms with Crippen LogP contribution in [-0.2, 0) is 10.2 Å². The summed E-state index contributed by atoms with van der Waals surface area (Å²) >= 11 is 0. The van der Waals surface area contributed by atoms with Crippen molar-refractivity contribution in [3.8, 4) is 5.69 Å². The average molecular weight is 265 g/mol. The summed E-state index contributed by atoms with van der Waals surface area (Å²) in [5.74, 6) is 0. The summed E-state index contributed by atoms with van der Waals surface area (Å²) in [6.07, 6.45) is 3.80. The number of hydrogen-bond acceptors (Lipinski definition) is 2. The summed E-state index contributed by atoms with van der Waals surface area (Å²) in [7, 11) is -0.494. The Morgan fingerprint density at radius 3 is 2.39 bits per heavy atom. The van der Waals surface area contributed by atoms with Gasteiger partial charge in [-0.15, -0.1) is 0 Å². The lowest BCUT2D eigenvalue weighted by molar-refractivity contribution is 0.527. The minimum atomic E-state index is -3.46. The minimum absolute atomic E-state index is 0.537. The Bertz CT molecular complexity index is 619. The molecule has 0 bridgehead atoms. The number of rotatable bonds is 4. The third-order valence-corrected chi connectivity index (χ3v) is 3.93. The van der Waals surface area contributed by atoms with Gasteiger partial charge in [-0.05, 0) is 30.3 Å². The zero-order valence-electron chi connectivity index (χ0n) is 10.2. The molecule has 0 fully saturated rings. The number of nitrogens with one attached hydrogen (secondary N) is 1. The highest BCUT2D eigenvalue weighted by atomic mass is 32.2. The molecule has 0 radical (unpaired) electrons. The first-order chi connectivity index (χ1) is 8.49. The smallest absolute Gasteiger partial charge is 0.301 e. The van der Waals surface area contributed by atoms with Gasteiger partial charge in [0.1, 0.15) is 0 Å². The molecule has 0 saturated heterocycles.